The van der Waals surface area contributed by atoms with Crippen LogP contribution in [0.4, 0.5) is 0 Å². The molecule has 1 atom stereocenters. The van der Waals surface area contributed by atoms with Gasteiger partial charge in [-0.2, -0.15) is 10.1 Å². The fraction of sp³-hybridized carbons (Fsp3) is 0.222. The van der Waals surface area contributed by atoms with Gasteiger partial charge < -0.3 is 13.8 Å². The molecule has 0 spiro atoms. The molecule has 0 radical (unpaired) electrons. The van der Waals surface area contributed by atoms with Crippen molar-refractivity contribution in [2.45, 2.75) is 12.3 Å². The van der Waals surface area contributed by atoms with Gasteiger partial charge in [-0.15, -0.1) is 11.3 Å². The van der Waals surface area contributed by atoms with Crippen molar-refractivity contribution in [3.63, 3.8) is 0 Å². The summed E-state index contributed by atoms with van der Waals surface area (Å²) in [6.45, 7) is 1.18. The first-order chi connectivity index (χ1) is 13.3. The highest BCUT2D eigenvalue weighted by atomic mass is 32.1. The number of H-pyrrole nitrogens is 1. The number of carbonyl (C=O) groups excluding carboxylic acids is 1. The van der Waals surface area contributed by atoms with Gasteiger partial charge in [-0.05, 0) is 30.0 Å². The summed E-state index contributed by atoms with van der Waals surface area (Å²) in [6.07, 6.45) is 2.38. The Labute approximate surface area is 157 Å². The number of hydrogen-bond acceptors (Lipinski definition) is 7. The predicted molar refractivity (Wildman–Crippen MR) is 97.2 cm³/mol. The number of aromatic amines is 1. The topological polar surface area (TPSA) is 101 Å². The Kier molecular flexibility index (Phi) is 3.86. The van der Waals surface area contributed by atoms with Crippen molar-refractivity contribution >= 4 is 17.2 Å². The van der Waals surface area contributed by atoms with Crippen molar-refractivity contribution in [3.8, 4) is 22.2 Å². The van der Waals surface area contributed by atoms with Crippen LogP contribution in [0.2, 0.25) is 0 Å². The zero-order valence-electron chi connectivity index (χ0n) is 14.2. The summed E-state index contributed by atoms with van der Waals surface area (Å²) in [5, 5.41) is 13.0. The minimum Gasteiger partial charge on any atom is -0.463 e. The summed E-state index contributed by atoms with van der Waals surface area (Å²) in [6, 6.07) is 9.20. The van der Waals surface area contributed by atoms with Crippen LogP contribution in [0.3, 0.4) is 0 Å². The number of likely N-dealkylation sites (tertiary alicyclic amines) is 1. The number of aromatic nitrogens is 4. The maximum absolute atomic E-state index is 12.7. The highest BCUT2D eigenvalue weighted by Crippen LogP contribution is 2.29. The van der Waals surface area contributed by atoms with Crippen LogP contribution in [-0.2, 0) is 0 Å². The molecule has 4 aromatic heterocycles. The lowest BCUT2D eigenvalue weighted by Gasteiger charge is -2.13. The average molecular weight is 381 g/mol. The zero-order chi connectivity index (χ0) is 18.2. The third-order valence-corrected chi connectivity index (χ3v) is 5.46. The first-order valence-corrected chi connectivity index (χ1v) is 9.42. The number of thiophene rings is 1. The molecular weight excluding hydrogens is 366 g/mol. The van der Waals surface area contributed by atoms with Crippen LogP contribution >= 0.6 is 11.3 Å². The molecule has 0 saturated carbocycles. The predicted octanol–water partition coefficient (Wildman–Crippen LogP) is 3.41. The molecule has 1 N–H and O–H groups in total. The molecule has 1 fully saturated rings. The van der Waals surface area contributed by atoms with E-state index < -0.39 is 0 Å². The van der Waals surface area contributed by atoms with Crippen molar-refractivity contribution in [2.24, 2.45) is 0 Å². The summed E-state index contributed by atoms with van der Waals surface area (Å²) >= 11 is 1.56. The number of rotatable bonds is 4. The molecule has 5 heterocycles. The smallest absolute Gasteiger partial charge is 0.274 e. The van der Waals surface area contributed by atoms with Gasteiger partial charge in [-0.1, -0.05) is 11.2 Å². The molecule has 9 heteroatoms. The lowest BCUT2D eigenvalue weighted by Crippen LogP contribution is -2.28. The van der Waals surface area contributed by atoms with Crippen LogP contribution in [0.15, 0.2) is 50.9 Å². The van der Waals surface area contributed by atoms with E-state index in [1.807, 2.05) is 23.6 Å². The molecule has 4 aromatic rings. The van der Waals surface area contributed by atoms with E-state index >= 15 is 0 Å². The van der Waals surface area contributed by atoms with Crippen LogP contribution in [0.5, 0.6) is 0 Å². The minimum absolute atomic E-state index is 0.0647. The highest BCUT2D eigenvalue weighted by Gasteiger charge is 2.32. The molecule has 0 bridgehead atoms. The largest absolute Gasteiger partial charge is 0.463 e. The van der Waals surface area contributed by atoms with Gasteiger partial charge in [0.1, 0.15) is 5.69 Å². The molecule has 27 heavy (non-hydrogen) atoms. The molecule has 8 nitrogen and oxygen atoms in total. The molecule has 1 aliphatic rings. The van der Waals surface area contributed by atoms with Crippen molar-refractivity contribution in [2.75, 3.05) is 13.1 Å². The van der Waals surface area contributed by atoms with E-state index in [2.05, 4.69) is 20.3 Å². The Morgan fingerprint density at radius 2 is 2.30 bits per heavy atom. The Morgan fingerprint density at radius 3 is 3.11 bits per heavy atom. The zero-order valence-corrected chi connectivity index (χ0v) is 15.0. The second kappa shape index (κ2) is 6.51. The third-order valence-electron chi connectivity index (χ3n) is 4.60. The Hall–Kier alpha value is -3.20. The van der Waals surface area contributed by atoms with Crippen LogP contribution < -0.4 is 0 Å². The minimum atomic E-state index is -0.117. The second-order valence-corrected chi connectivity index (χ2v) is 7.26. The molecule has 0 aromatic carbocycles. The van der Waals surface area contributed by atoms with Gasteiger partial charge in [-0.3, -0.25) is 9.89 Å². The number of carbonyl (C=O) groups is 1. The van der Waals surface area contributed by atoms with Gasteiger partial charge >= 0.3 is 0 Å². The van der Waals surface area contributed by atoms with Crippen LogP contribution in [0.1, 0.15) is 28.7 Å². The van der Waals surface area contributed by atoms with E-state index in [-0.39, 0.29) is 11.8 Å². The van der Waals surface area contributed by atoms with E-state index in [0.29, 0.717) is 42.0 Å². The summed E-state index contributed by atoms with van der Waals surface area (Å²) in [7, 11) is 0. The van der Waals surface area contributed by atoms with Crippen molar-refractivity contribution in [1.29, 1.82) is 0 Å². The van der Waals surface area contributed by atoms with Crippen molar-refractivity contribution in [1.82, 2.24) is 25.2 Å². The van der Waals surface area contributed by atoms with E-state index in [0.717, 1.165) is 11.3 Å². The van der Waals surface area contributed by atoms with E-state index in [1.165, 1.54) is 0 Å². The fourth-order valence-corrected chi connectivity index (χ4v) is 3.85. The number of amides is 1. The van der Waals surface area contributed by atoms with Crippen molar-refractivity contribution in [3.05, 3.63) is 53.5 Å². The molecular formula is C18H15N5O3S. The Morgan fingerprint density at radius 1 is 1.33 bits per heavy atom. The Bertz CT molecular complexity index is 1050. The number of nitrogens with zero attached hydrogens (tertiary/aromatic N) is 4. The van der Waals surface area contributed by atoms with E-state index in [9.17, 15) is 4.79 Å². The molecule has 1 aliphatic heterocycles. The number of hydrogen-bond donors (Lipinski definition) is 1. The Balaban J connectivity index is 1.29. The summed E-state index contributed by atoms with van der Waals surface area (Å²) in [5.74, 6) is 1.77. The van der Waals surface area contributed by atoms with Gasteiger partial charge in [0, 0.05) is 25.1 Å². The van der Waals surface area contributed by atoms with E-state index in [4.69, 9.17) is 8.94 Å². The monoisotopic (exact) mass is 381 g/mol. The summed E-state index contributed by atoms with van der Waals surface area (Å²) in [4.78, 5) is 20.0. The first-order valence-electron chi connectivity index (χ1n) is 8.54. The van der Waals surface area contributed by atoms with Gasteiger partial charge in [0.25, 0.3) is 11.8 Å². The molecule has 1 amide bonds. The molecule has 5 rings (SSSR count). The van der Waals surface area contributed by atoms with Gasteiger partial charge in [0.15, 0.2) is 17.3 Å². The third kappa shape index (κ3) is 2.95. The number of nitrogens with one attached hydrogen (secondary N) is 1. The lowest BCUT2D eigenvalue weighted by atomic mass is 10.1. The SMILES string of the molecule is O=C(c1cc(-c2ccco2)[nH]n1)N1CCC(c2noc(-c3cccs3)n2)C1. The van der Waals surface area contributed by atoms with Crippen molar-refractivity contribution < 1.29 is 13.7 Å². The lowest BCUT2D eigenvalue weighted by molar-refractivity contribution is 0.0784. The first kappa shape index (κ1) is 16.0. The fourth-order valence-electron chi connectivity index (χ4n) is 3.21. The molecule has 0 aliphatic carbocycles. The van der Waals surface area contributed by atoms with Gasteiger partial charge in [-0.25, -0.2) is 0 Å². The highest BCUT2D eigenvalue weighted by molar-refractivity contribution is 7.13. The second-order valence-electron chi connectivity index (χ2n) is 6.32. The van der Waals surface area contributed by atoms with Crippen LogP contribution in [0, 0.1) is 0 Å². The van der Waals surface area contributed by atoms with Crippen LogP contribution in [-0.4, -0.2) is 44.2 Å². The average Bonchev–Trinajstić information content (AvgIpc) is 3.50. The van der Waals surface area contributed by atoms with Gasteiger partial charge in [0.05, 0.1) is 11.1 Å². The van der Waals surface area contributed by atoms with Gasteiger partial charge in [0.2, 0.25) is 0 Å². The molecule has 136 valence electrons. The number of furan rings is 1. The maximum atomic E-state index is 12.7. The molecule has 1 unspecified atom stereocenters. The van der Waals surface area contributed by atoms with E-state index in [1.54, 1.807) is 34.6 Å². The maximum Gasteiger partial charge on any atom is 0.274 e. The van der Waals surface area contributed by atoms with Crippen LogP contribution in [0.25, 0.3) is 22.2 Å². The quantitative estimate of drug-likeness (QED) is 0.581. The summed E-state index contributed by atoms with van der Waals surface area (Å²) < 4.78 is 10.7. The molecule has 1 saturated heterocycles. The standard InChI is InChI=1S/C18H15N5O3S/c24-18(13-9-12(20-21-13)14-3-1-7-25-14)23-6-5-11(10-23)16-19-17(26-22-16)15-4-2-8-27-15/h1-4,7-9,11H,5-6,10H2,(H,20,21). The normalized spacial score (nSPS) is 16.9. The summed E-state index contributed by atoms with van der Waals surface area (Å²) in [5.41, 5.74) is 1.05.